The van der Waals surface area contributed by atoms with Crippen LogP contribution >= 0.6 is 0 Å². The SMILES string of the molecule is COC[C@H](N)CC(=O)OC(C)(C)C. The highest BCUT2D eigenvalue weighted by molar-refractivity contribution is 5.70. The largest absolute Gasteiger partial charge is 0.460 e. The van der Waals surface area contributed by atoms with Crippen LogP contribution in [0.15, 0.2) is 0 Å². The summed E-state index contributed by atoms with van der Waals surface area (Å²) in [5.74, 6) is -0.281. The Balaban J connectivity index is 3.74. The molecule has 4 heteroatoms. The van der Waals surface area contributed by atoms with Gasteiger partial charge < -0.3 is 15.2 Å². The molecular weight excluding hydrogens is 170 g/mol. The Hall–Kier alpha value is -0.610. The summed E-state index contributed by atoms with van der Waals surface area (Å²) >= 11 is 0. The van der Waals surface area contributed by atoms with Gasteiger partial charge in [-0.1, -0.05) is 0 Å². The highest BCUT2D eigenvalue weighted by Gasteiger charge is 2.18. The molecule has 0 saturated heterocycles. The molecule has 0 fully saturated rings. The summed E-state index contributed by atoms with van der Waals surface area (Å²) in [5.41, 5.74) is 5.14. The molecule has 0 saturated carbocycles. The fourth-order valence-corrected chi connectivity index (χ4v) is 0.870. The second-order valence-electron chi connectivity index (χ2n) is 4.01. The van der Waals surface area contributed by atoms with Gasteiger partial charge in [0, 0.05) is 13.2 Å². The van der Waals surface area contributed by atoms with E-state index in [-0.39, 0.29) is 18.4 Å². The molecule has 0 aromatic rings. The van der Waals surface area contributed by atoms with Crippen molar-refractivity contribution in [1.29, 1.82) is 0 Å². The first-order chi connectivity index (χ1) is 5.85. The molecule has 0 unspecified atom stereocenters. The molecule has 0 spiro atoms. The van der Waals surface area contributed by atoms with E-state index in [1.165, 1.54) is 0 Å². The predicted molar refractivity (Wildman–Crippen MR) is 50.3 cm³/mol. The summed E-state index contributed by atoms with van der Waals surface area (Å²) in [5, 5.41) is 0. The zero-order valence-electron chi connectivity index (χ0n) is 8.79. The maximum absolute atomic E-state index is 11.2. The molecule has 0 aliphatic rings. The highest BCUT2D eigenvalue weighted by atomic mass is 16.6. The Morgan fingerprint density at radius 3 is 2.38 bits per heavy atom. The Bertz CT molecular complexity index is 163. The minimum Gasteiger partial charge on any atom is -0.460 e. The van der Waals surface area contributed by atoms with Crippen LogP contribution in [0.5, 0.6) is 0 Å². The van der Waals surface area contributed by atoms with E-state index in [9.17, 15) is 4.79 Å². The van der Waals surface area contributed by atoms with Crippen LogP contribution in [0.3, 0.4) is 0 Å². The lowest BCUT2D eigenvalue weighted by molar-refractivity contribution is -0.155. The lowest BCUT2D eigenvalue weighted by Gasteiger charge is -2.20. The van der Waals surface area contributed by atoms with Crippen LogP contribution in [-0.4, -0.2) is 31.3 Å². The summed E-state index contributed by atoms with van der Waals surface area (Å²) in [6.07, 6.45) is 0.200. The number of nitrogens with two attached hydrogens (primary N) is 1. The third-order valence-electron chi connectivity index (χ3n) is 1.23. The fraction of sp³-hybridized carbons (Fsp3) is 0.889. The van der Waals surface area contributed by atoms with E-state index >= 15 is 0 Å². The molecule has 1 atom stereocenters. The number of methoxy groups -OCH3 is 1. The smallest absolute Gasteiger partial charge is 0.307 e. The van der Waals surface area contributed by atoms with Gasteiger partial charge in [-0.2, -0.15) is 0 Å². The van der Waals surface area contributed by atoms with E-state index in [1.807, 2.05) is 20.8 Å². The van der Waals surface area contributed by atoms with Gasteiger partial charge in [0.1, 0.15) is 5.60 Å². The standard InChI is InChI=1S/C9H19NO3/c1-9(2,3)13-8(11)5-7(10)6-12-4/h7H,5-6,10H2,1-4H3/t7-/m1/s1. The van der Waals surface area contributed by atoms with Crippen molar-refractivity contribution in [2.45, 2.75) is 38.8 Å². The first-order valence-corrected chi connectivity index (χ1v) is 4.31. The Labute approximate surface area is 79.4 Å². The second kappa shape index (κ2) is 5.19. The third kappa shape index (κ3) is 7.74. The third-order valence-corrected chi connectivity index (χ3v) is 1.23. The van der Waals surface area contributed by atoms with Crippen LogP contribution in [0, 0.1) is 0 Å². The van der Waals surface area contributed by atoms with E-state index in [1.54, 1.807) is 7.11 Å². The average molecular weight is 189 g/mol. The molecule has 0 heterocycles. The van der Waals surface area contributed by atoms with Gasteiger partial charge in [0.15, 0.2) is 0 Å². The van der Waals surface area contributed by atoms with Gasteiger partial charge in [0.05, 0.1) is 13.0 Å². The van der Waals surface area contributed by atoms with Gasteiger partial charge >= 0.3 is 5.97 Å². The Morgan fingerprint density at radius 2 is 2.00 bits per heavy atom. The zero-order valence-corrected chi connectivity index (χ0v) is 8.79. The maximum Gasteiger partial charge on any atom is 0.307 e. The van der Waals surface area contributed by atoms with E-state index in [0.29, 0.717) is 6.61 Å². The fourth-order valence-electron chi connectivity index (χ4n) is 0.870. The number of ether oxygens (including phenoxy) is 2. The molecular formula is C9H19NO3. The molecule has 0 amide bonds. The maximum atomic E-state index is 11.2. The van der Waals surface area contributed by atoms with Crippen molar-refractivity contribution in [3.05, 3.63) is 0 Å². The van der Waals surface area contributed by atoms with Crippen molar-refractivity contribution in [3.63, 3.8) is 0 Å². The minimum atomic E-state index is -0.441. The van der Waals surface area contributed by atoms with Crippen LogP contribution in [-0.2, 0) is 14.3 Å². The lowest BCUT2D eigenvalue weighted by atomic mass is 10.2. The molecule has 0 aliphatic carbocycles. The first kappa shape index (κ1) is 12.4. The summed E-state index contributed by atoms with van der Waals surface area (Å²) in [4.78, 5) is 11.2. The van der Waals surface area contributed by atoms with Crippen molar-refractivity contribution in [2.75, 3.05) is 13.7 Å². The van der Waals surface area contributed by atoms with Crippen LogP contribution in [0.2, 0.25) is 0 Å². The number of esters is 1. The second-order valence-corrected chi connectivity index (χ2v) is 4.01. The van der Waals surface area contributed by atoms with Crippen molar-refractivity contribution in [3.8, 4) is 0 Å². The number of rotatable bonds is 4. The zero-order chi connectivity index (χ0) is 10.5. The first-order valence-electron chi connectivity index (χ1n) is 4.31. The topological polar surface area (TPSA) is 61.5 Å². The van der Waals surface area contributed by atoms with Gasteiger partial charge in [-0.15, -0.1) is 0 Å². The van der Waals surface area contributed by atoms with Crippen LogP contribution in [0.4, 0.5) is 0 Å². The molecule has 0 aromatic heterocycles. The molecule has 0 aromatic carbocycles. The normalized spacial score (nSPS) is 13.9. The monoisotopic (exact) mass is 189 g/mol. The number of hydrogen-bond acceptors (Lipinski definition) is 4. The number of carbonyl (C=O) groups is 1. The molecule has 4 nitrogen and oxygen atoms in total. The van der Waals surface area contributed by atoms with Crippen molar-refractivity contribution in [1.82, 2.24) is 0 Å². The van der Waals surface area contributed by atoms with E-state index in [0.717, 1.165) is 0 Å². The Kier molecular flexibility index (Phi) is 4.95. The van der Waals surface area contributed by atoms with E-state index in [2.05, 4.69) is 0 Å². The van der Waals surface area contributed by atoms with E-state index < -0.39 is 5.60 Å². The van der Waals surface area contributed by atoms with Crippen molar-refractivity contribution >= 4 is 5.97 Å². The molecule has 0 bridgehead atoms. The lowest BCUT2D eigenvalue weighted by Crippen LogP contribution is -2.32. The number of hydrogen-bond donors (Lipinski definition) is 1. The quantitative estimate of drug-likeness (QED) is 0.661. The molecule has 2 N–H and O–H groups in total. The molecule has 13 heavy (non-hydrogen) atoms. The molecule has 0 radical (unpaired) electrons. The van der Waals surface area contributed by atoms with Crippen molar-refractivity contribution in [2.24, 2.45) is 5.73 Å². The van der Waals surface area contributed by atoms with Gasteiger partial charge in [0.25, 0.3) is 0 Å². The summed E-state index contributed by atoms with van der Waals surface area (Å²) in [6, 6.07) is -0.278. The molecule has 0 aliphatic heterocycles. The van der Waals surface area contributed by atoms with Crippen LogP contribution < -0.4 is 5.73 Å². The van der Waals surface area contributed by atoms with Gasteiger partial charge in [0.2, 0.25) is 0 Å². The van der Waals surface area contributed by atoms with Gasteiger partial charge in [-0.05, 0) is 20.8 Å². The van der Waals surface area contributed by atoms with Crippen LogP contribution in [0.1, 0.15) is 27.2 Å². The van der Waals surface area contributed by atoms with Gasteiger partial charge in [-0.3, -0.25) is 4.79 Å². The number of carbonyl (C=O) groups excluding carboxylic acids is 1. The summed E-state index contributed by atoms with van der Waals surface area (Å²) in [6.45, 7) is 5.85. The predicted octanol–water partition coefficient (Wildman–Crippen LogP) is 0.692. The van der Waals surface area contributed by atoms with Crippen LogP contribution in [0.25, 0.3) is 0 Å². The molecule has 78 valence electrons. The van der Waals surface area contributed by atoms with Gasteiger partial charge in [-0.25, -0.2) is 0 Å². The summed E-state index contributed by atoms with van der Waals surface area (Å²) in [7, 11) is 1.55. The van der Waals surface area contributed by atoms with E-state index in [4.69, 9.17) is 15.2 Å². The highest BCUT2D eigenvalue weighted by Crippen LogP contribution is 2.08. The summed E-state index contributed by atoms with van der Waals surface area (Å²) < 4.78 is 9.88. The van der Waals surface area contributed by atoms with Crippen molar-refractivity contribution < 1.29 is 14.3 Å². The Morgan fingerprint density at radius 1 is 1.46 bits per heavy atom. The molecule has 0 rings (SSSR count). The minimum absolute atomic E-state index is 0.200. The average Bonchev–Trinajstić information content (AvgIpc) is 1.81.